The summed E-state index contributed by atoms with van der Waals surface area (Å²) in [6.45, 7) is 9.92. The highest BCUT2D eigenvalue weighted by atomic mass is 35.5. The summed E-state index contributed by atoms with van der Waals surface area (Å²) in [5.41, 5.74) is 10.3. The summed E-state index contributed by atoms with van der Waals surface area (Å²) in [5, 5.41) is 14.9. The molecule has 0 amide bonds. The highest BCUT2D eigenvalue weighted by molar-refractivity contribution is 6.30. The predicted octanol–water partition coefficient (Wildman–Crippen LogP) is 3.36. The SMILES string of the molecule is Cc1nn(C)c(Cl)c1CN(Cc1c(C)nn(C)c1Cl)C[C@H]1CC[C@H]2CN(c3nc(N)n4nc(-c5ccco5)nc4n3)CCN2C1. The minimum atomic E-state index is 0.249. The van der Waals surface area contributed by atoms with Crippen molar-refractivity contribution >= 4 is 40.9 Å². The zero-order valence-corrected chi connectivity index (χ0v) is 27.4. The Kier molecular flexibility index (Phi) is 7.92. The number of halogens is 2. The van der Waals surface area contributed by atoms with Crippen LogP contribution in [0.1, 0.15) is 35.4 Å². The Hall–Kier alpha value is -3.72. The number of rotatable bonds is 8. The number of nitrogens with two attached hydrogens (primary N) is 1. The lowest BCUT2D eigenvalue weighted by molar-refractivity contribution is 0.0722. The summed E-state index contributed by atoms with van der Waals surface area (Å²) in [5.74, 6) is 2.72. The number of anilines is 2. The molecular weight excluding hydrogens is 617 g/mol. The van der Waals surface area contributed by atoms with Crippen LogP contribution >= 0.6 is 23.2 Å². The third-order valence-electron chi connectivity index (χ3n) is 9.07. The van der Waals surface area contributed by atoms with Gasteiger partial charge in [-0.15, -0.1) is 5.10 Å². The monoisotopic (exact) mass is 653 g/mol. The smallest absolute Gasteiger partial charge is 0.259 e. The largest absolute Gasteiger partial charge is 0.461 e. The second-order valence-corrected chi connectivity index (χ2v) is 12.9. The summed E-state index contributed by atoms with van der Waals surface area (Å²) < 4.78 is 10.4. The molecule has 2 aliphatic heterocycles. The minimum Gasteiger partial charge on any atom is -0.461 e. The third-order valence-corrected chi connectivity index (χ3v) is 10.0. The maximum Gasteiger partial charge on any atom is 0.259 e. The van der Waals surface area contributed by atoms with E-state index in [1.165, 1.54) is 4.52 Å². The van der Waals surface area contributed by atoms with Gasteiger partial charge < -0.3 is 15.1 Å². The van der Waals surface area contributed by atoms with E-state index in [0.29, 0.717) is 58.7 Å². The third kappa shape index (κ3) is 5.75. The summed E-state index contributed by atoms with van der Waals surface area (Å²) in [7, 11) is 3.77. The molecule has 238 valence electrons. The molecule has 7 heterocycles. The lowest BCUT2D eigenvalue weighted by Crippen LogP contribution is -2.57. The number of piperidine rings is 1. The second-order valence-electron chi connectivity index (χ2n) is 12.2. The van der Waals surface area contributed by atoms with Crippen LogP contribution in [0.5, 0.6) is 0 Å². The van der Waals surface area contributed by atoms with Crippen molar-refractivity contribution in [3.05, 3.63) is 51.2 Å². The lowest BCUT2D eigenvalue weighted by atomic mass is 9.90. The zero-order valence-electron chi connectivity index (χ0n) is 25.9. The number of hydrogen-bond donors (Lipinski definition) is 1. The minimum absolute atomic E-state index is 0.249. The lowest BCUT2D eigenvalue weighted by Gasteiger charge is -2.47. The fraction of sp³-hybridized carbons (Fsp3) is 0.517. The number of aromatic nitrogens is 9. The molecule has 2 atom stereocenters. The van der Waals surface area contributed by atoms with Gasteiger partial charge in [-0.3, -0.25) is 19.2 Å². The molecule has 0 unspecified atom stereocenters. The van der Waals surface area contributed by atoms with Crippen LogP contribution in [0.2, 0.25) is 10.3 Å². The van der Waals surface area contributed by atoms with Gasteiger partial charge in [-0.2, -0.15) is 29.7 Å². The molecule has 14 nitrogen and oxygen atoms in total. The molecule has 5 aromatic rings. The van der Waals surface area contributed by atoms with Crippen LogP contribution in [-0.4, -0.2) is 92.7 Å². The Labute approximate surface area is 270 Å². The van der Waals surface area contributed by atoms with E-state index in [1.54, 1.807) is 27.8 Å². The van der Waals surface area contributed by atoms with Gasteiger partial charge in [0.25, 0.3) is 5.78 Å². The number of nitrogens with zero attached hydrogens (tertiary/aromatic N) is 12. The normalized spacial score (nSPS) is 19.2. The van der Waals surface area contributed by atoms with E-state index in [2.05, 4.69) is 40.0 Å². The standard InChI is InChI=1S/C29H37Cl2N13O/c1-17-21(24(30)39(3)36-17)15-41(16-22-18(2)37-40(4)25(22)31)12-19-7-8-20-14-43(10-9-42(20)13-19)28-34-27(32)44-29(35-28)33-26(38-44)23-6-5-11-45-23/h5-6,11,19-20H,7-10,12-16H2,1-4H3,(H2,32,33,34,35,38)/t19-,20+/m1/s1. The number of fused-ring (bicyclic) bond motifs is 2. The van der Waals surface area contributed by atoms with Crippen LogP contribution in [0.3, 0.4) is 0 Å². The molecular formula is C29H37Cl2N13O. The van der Waals surface area contributed by atoms with E-state index in [0.717, 1.165) is 68.1 Å². The van der Waals surface area contributed by atoms with Gasteiger partial charge in [0.05, 0.1) is 17.7 Å². The van der Waals surface area contributed by atoms with Crippen LogP contribution in [-0.2, 0) is 27.2 Å². The van der Waals surface area contributed by atoms with Crippen molar-refractivity contribution in [2.24, 2.45) is 20.0 Å². The summed E-state index contributed by atoms with van der Waals surface area (Å²) in [4.78, 5) is 21.1. The van der Waals surface area contributed by atoms with Crippen LogP contribution in [0.25, 0.3) is 17.4 Å². The van der Waals surface area contributed by atoms with Gasteiger partial charge >= 0.3 is 0 Å². The van der Waals surface area contributed by atoms with Crippen molar-refractivity contribution in [3.63, 3.8) is 0 Å². The van der Waals surface area contributed by atoms with Crippen molar-refractivity contribution in [2.45, 2.75) is 45.8 Å². The molecule has 0 saturated carbocycles. The van der Waals surface area contributed by atoms with Crippen molar-refractivity contribution in [3.8, 4) is 11.6 Å². The first-order valence-corrected chi connectivity index (χ1v) is 15.9. The zero-order chi connectivity index (χ0) is 31.4. The Morgan fingerprint density at radius 3 is 2.27 bits per heavy atom. The molecule has 0 aliphatic carbocycles. The van der Waals surface area contributed by atoms with Crippen LogP contribution < -0.4 is 10.6 Å². The van der Waals surface area contributed by atoms with Gasteiger partial charge in [-0.1, -0.05) is 23.2 Å². The Morgan fingerprint density at radius 1 is 0.933 bits per heavy atom. The van der Waals surface area contributed by atoms with E-state index in [1.807, 2.05) is 27.9 Å². The second kappa shape index (κ2) is 11.9. The van der Waals surface area contributed by atoms with Crippen molar-refractivity contribution in [1.82, 2.24) is 53.9 Å². The predicted molar refractivity (Wildman–Crippen MR) is 171 cm³/mol. The average Bonchev–Trinajstić information content (AvgIpc) is 3.79. The maximum atomic E-state index is 6.68. The van der Waals surface area contributed by atoms with Gasteiger partial charge in [0.2, 0.25) is 17.7 Å². The maximum absolute atomic E-state index is 6.68. The Morgan fingerprint density at radius 2 is 1.64 bits per heavy atom. The molecule has 2 fully saturated rings. The topological polar surface area (TPSA) is 140 Å². The van der Waals surface area contributed by atoms with E-state index in [4.69, 9.17) is 38.3 Å². The summed E-state index contributed by atoms with van der Waals surface area (Å²) in [6, 6.07) is 4.01. The van der Waals surface area contributed by atoms with Crippen LogP contribution in [0.15, 0.2) is 22.8 Å². The van der Waals surface area contributed by atoms with E-state index >= 15 is 0 Å². The molecule has 2 saturated heterocycles. The van der Waals surface area contributed by atoms with E-state index in [9.17, 15) is 0 Å². The molecule has 2 aliphatic rings. The van der Waals surface area contributed by atoms with Gasteiger partial charge in [-0.05, 0) is 44.7 Å². The van der Waals surface area contributed by atoms with E-state index in [-0.39, 0.29) is 5.95 Å². The first-order chi connectivity index (χ1) is 21.6. The molecule has 0 radical (unpaired) electrons. The average molecular weight is 655 g/mol. The number of furan rings is 1. The molecule has 2 N–H and O–H groups in total. The fourth-order valence-electron chi connectivity index (χ4n) is 6.74. The van der Waals surface area contributed by atoms with Gasteiger partial charge in [0.15, 0.2) is 5.76 Å². The molecule has 7 rings (SSSR count). The Balaban J connectivity index is 1.04. The van der Waals surface area contributed by atoms with Crippen molar-refractivity contribution in [1.29, 1.82) is 0 Å². The molecule has 16 heteroatoms. The van der Waals surface area contributed by atoms with Gasteiger partial charge in [0.1, 0.15) is 10.3 Å². The van der Waals surface area contributed by atoms with Crippen LogP contribution in [0.4, 0.5) is 11.9 Å². The Bertz CT molecular complexity index is 1770. The van der Waals surface area contributed by atoms with Crippen molar-refractivity contribution in [2.75, 3.05) is 43.4 Å². The first-order valence-electron chi connectivity index (χ1n) is 15.2. The van der Waals surface area contributed by atoms with Crippen molar-refractivity contribution < 1.29 is 4.42 Å². The number of aryl methyl sites for hydroxylation is 4. The van der Waals surface area contributed by atoms with Crippen LogP contribution in [0, 0.1) is 19.8 Å². The molecule has 45 heavy (non-hydrogen) atoms. The molecule has 0 spiro atoms. The summed E-state index contributed by atoms with van der Waals surface area (Å²) >= 11 is 13.4. The number of hydrogen-bond acceptors (Lipinski definition) is 11. The number of piperazine rings is 1. The van der Waals surface area contributed by atoms with E-state index < -0.39 is 0 Å². The fourth-order valence-corrected chi connectivity index (χ4v) is 7.21. The molecule has 0 bridgehead atoms. The molecule has 0 aromatic carbocycles. The highest BCUT2D eigenvalue weighted by Gasteiger charge is 2.35. The number of nitrogen functional groups attached to an aromatic ring is 1. The first kappa shape index (κ1) is 30.0. The highest BCUT2D eigenvalue weighted by Crippen LogP contribution is 2.31. The quantitative estimate of drug-likeness (QED) is 0.263. The summed E-state index contributed by atoms with van der Waals surface area (Å²) in [6.07, 6.45) is 3.78. The molecule has 5 aromatic heterocycles. The van der Waals surface area contributed by atoms with Gasteiger partial charge in [0, 0.05) is 77.1 Å². The van der Waals surface area contributed by atoms with Gasteiger partial charge in [-0.25, -0.2) is 0 Å².